The molecule has 92 valence electrons. The Hall–Kier alpha value is -0.910. The van der Waals surface area contributed by atoms with Crippen molar-refractivity contribution in [3.63, 3.8) is 0 Å². The number of nitrogens with zero attached hydrogens (tertiary/aromatic N) is 2. The van der Waals surface area contributed by atoms with E-state index in [9.17, 15) is 5.11 Å². The molecular formula is C12H16BrN3O. The molecule has 4 nitrogen and oxygen atoms in total. The second kappa shape index (κ2) is 5.16. The van der Waals surface area contributed by atoms with Gasteiger partial charge in [-0.3, -0.25) is 4.99 Å². The smallest absolute Gasteiger partial charge is 0.110 e. The highest BCUT2D eigenvalue weighted by Gasteiger charge is 2.30. The monoisotopic (exact) mass is 297 g/mol. The Kier molecular flexibility index (Phi) is 3.81. The highest BCUT2D eigenvalue weighted by molar-refractivity contribution is 9.10. The maximum Gasteiger partial charge on any atom is 0.110 e. The summed E-state index contributed by atoms with van der Waals surface area (Å²) in [5.41, 5.74) is 3.08. The summed E-state index contributed by atoms with van der Waals surface area (Å²) in [4.78, 5) is 4.06. The van der Waals surface area contributed by atoms with Crippen LogP contribution in [0.15, 0.2) is 33.7 Å². The van der Waals surface area contributed by atoms with Gasteiger partial charge in [-0.25, -0.2) is 0 Å². The van der Waals surface area contributed by atoms with Crippen molar-refractivity contribution in [2.24, 2.45) is 4.99 Å². The lowest BCUT2D eigenvalue weighted by Crippen LogP contribution is -2.44. The Morgan fingerprint density at radius 3 is 2.71 bits per heavy atom. The summed E-state index contributed by atoms with van der Waals surface area (Å²) in [5, 5.41) is 12.6. The fraction of sp³-hybridized carbons (Fsp3) is 0.417. The summed E-state index contributed by atoms with van der Waals surface area (Å²) in [6.45, 7) is 3.09. The molecule has 5 heteroatoms. The lowest BCUT2D eigenvalue weighted by Gasteiger charge is -2.31. The predicted octanol–water partition coefficient (Wildman–Crippen LogP) is 1.85. The van der Waals surface area contributed by atoms with Crippen molar-refractivity contribution in [2.45, 2.75) is 18.9 Å². The van der Waals surface area contributed by atoms with Crippen LogP contribution >= 0.6 is 15.9 Å². The van der Waals surface area contributed by atoms with Gasteiger partial charge in [0.1, 0.15) is 12.3 Å². The maximum atomic E-state index is 10.7. The molecule has 2 rings (SSSR count). The molecule has 1 aromatic rings. The highest BCUT2D eigenvalue weighted by Crippen LogP contribution is 2.27. The summed E-state index contributed by atoms with van der Waals surface area (Å²) >= 11 is 3.40. The van der Waals surface area contributed by atoms with E-state index in [1.165, 1.54) is 0 Å². The van der Waals surface area contributed by atoms with Crippen LogP contribution in [0, 0.1) is 0 Å². The second-order valence-corrected chi connectivity index (χ2v) is 5.09. The number of hydrazine groups is 1. The average Bonchev–Trinajstić information content (AvgIpc) is 2.82. The number of β-amino-alcohol motifs (C(OH)–C–C–N with tert-alkyl or cyclic N) is 1. The lowest BCUT2D eigenvalue weighted by atomic mass is 9.91. The zero-order valence-corrected chi connectivity index (χ0v) is 11.3. The number of hydrogen-bond donors (Lipinski definition) is 2. The third kappa shape index (κ3) is 2.86. The molecule has 1 atom stereocenters. The van der Waals surface area contributed by atoms with Gasteiger partial charge in [-0.05, 0) is 24.1 Å². The van der Waals surface area contributed by atoms with Crippen LogP contribution in [0.5, 0.6) is 0 Å². The number of rotatable bonds is 4. The summed E-state index contributed by atoms with van der Waals surface area (Å²) < 4.78 is 1.02. The third-order valence-corrected chi connectivity index (χ3v) is 3.53. The number of hydrogen-bond acceptors (Lipinski definition) is 4. The quantitative estimate of drug-likeness (QED) is 0.892. The minimum Gasteiger partial charge on any atom is -0.384 e. The van der Waals surface area contributed by atoms with Crippen LogP contribution < -0.4 is 5.43 Å². The van der Waals surface area contributed by atoms with E-state index in [0.29, 0.717) is 19.6 Å². The number of aliphatic hydroxyl groups is 1. The van der Waals surface area contributed by atoms with Crippen LogP contribution in [-0.2, 0) is 5.60 Å². The minimum atomic E-state index is -0.846. The van der Waals surface area contributed by atoms with E-state index in [2.05, 4.69) is 26.3 Å². The SMILES string of the molecule is CCC(O)(CN1CN=CN1)c1ccc(Br)cc1. The molecule has 2 N–H and O–H groups in total. The van der Waals surface area contributed by atoms with E-state index in [1.54, 1.807) is 6.34 Å². The molecule has 1 aliphatic heterocycles. The van der Waals surface area contributed by atoms with Crippen molar-refractivity contribution in [3.05, 3.63) is 34.3 Å². The second-order valence-electron chi connectivity index (χ2n) is 4.17. The Morgan fingerprint density at radius 1 is 1.47 bits per heavy atom. The van der Waals surface area contributed by atoms with Crippen molar-refractivity contribution in [1.29, 1.82) is 0 Å². The van der Waals surface area contributed by atoms with Gasteiger partial charge in [-0.1, -0.05) is 35.0 Å². The number of halogens is 1. The molecule has 17 heavy (non-hydrogen) atoms. The molecule has 0 aromatic heterocycles. The molecule has 0 bridgehead atoms. The van der Waals surface area contributed by atoms with Gasteiger partial charge in [0.2, 0.25) is 0 Å². The average molecular weight is 298 g/mol. The van der Waals surface area contributed by atoms with Crippen molar-refractivity contribution < 1.29 is 5.11 Å². The van der Waals surface area contributed by atoms with Crippen molar-refractivity contribution in [2.75, 3.05) is 13.2 Å². The standard InChI is InChI=1S/C12H16BrN3O/c1-2-12(17,7-16-9-14-8-15-16)10-3-5-11(13)6-4-10/h3-6,8,17H,2,7,9H2,1H3,(H,14,15). The van der Waals surface area contributed by atoms with Crippen LogP contribution in [0.25, 0.3) is 0 Å². The molecule has 1 aliphatic rings. The van der Waals surface area contributed by atoms with Crippen molar-refractivity contribution in [3.8, 4) is 0 Å². The number of nitrogens with one attached hydrogen (secondary N) is 1. The molecule has 0 radical (unpaired) electrons. The summed E-state index contributed by atoms with van der Waals surface area (Å²) in [6, 6.07) is 7.79. The first kappa shape index (κ1) is 12.5. The predicted molar refractivity (Wildman–Crippen MR) is 71.5 cm³/mol. The molecule has 1 unspecified atom stereocenters. The van der Waals surface area contributed by atoms with Crippen molar-refractivity contribution >= 4 is 22.3 Å². The first-order chi connectivity index (χ1) is 8.14. The van der Waals surface area contributed by atoms with Gasteiger partial charge in [0.25, 0.3) is 0 Å². The molecule has 1 aromatic carbocycles. The largest absolute Gasteiger partial charge is 0.384 e. The Labute approximate surface area is 109 Å². The number of aliphatic imine (C=N–C) groups is 1. The maximum absolute atomic E-state index is 10.7. The van der Waals surface area contributed by atoms with Crippen LogP contribution in [0.4, 0.5) is 0 Å². The summed E-state index contributed by atoms with van der Waals surface area (Å²) in [5.74, 6) is 0. The molecule has 0 saturated carbocycles. The molecule has 0 saturated heterocycles. The summed E-state index contributed by atoms with van der Waals surface area (Å²) in [6.07, 6.45) is 2.31. The van der Waals surface area contributed by atoms with Gasteiger partial charge < -0.3 is 10.5 Å². The Balaban J connectivity index is 2.14. The normalized spacial score (nSPS) is 19.0. The molecule has 1 heterocycles. The molecular weight excluding hydrogens is 282 g/mol. The van der Waals surface area contributed by atoms with Gasteiger partial charge in [-0.15, -0.1) is 0 Å². The van der Waals surface area contributed by atoms with Gasteiger partial charge in [-0.2, -0.15) is 5.01 Å². The minimum absolute atomic E-state index is 0.519. The van der Waals surface area contributed by atoms with Crippen LogP contribution in [0.1, 0.15) is 18.9 Å². The van der Waals surface area contributed by atoms with Gasteiger partial charge in [0.05, 0.1) is 12.9 Å². The molecule has 0 amide bonds. The first-order valence-electron chi connectivity index (χ1n) is 5.62. The van der Waals surface area contributed by atoms with E-state index < -0.39 is 5.60 Å². The van der Waals surface area contributed by atoms with Crippen molar-refractivity contribution in [1.82, 2.24) is 10.4 Å². The lowest BCUT2D eigenvalue weighted by molar-refractivity contribution is -0.00828. The van der Waals surface area contributed by atoms with E-state index in [-0.39, 0.29) is 0 Å². The zero-order valence-electron chi connectivity index (χ0n) is 9.73. The Morgan fingerprint density at radius 2 is 2.18 bits per heavy atom. The molecule has 0 aliphatic carbocycles. The van der Waals surface area contributed by atoms with Gasteiger partial charge in [0.15, 0.2) is 0 Å². The molecule has 0 spiro atoms. The topological polar surface area (TPSA) is 47.9 Å². The van der Waals surface area contributed by atoms with Crippen LogP contribution in [-0.4, -0.2) is 29.7 Å². The van der Waals surface area contributed by atoms with Gasteiger partial charge >= 0.3 is 0 Å². The van der Waals surface area contributed by atoms with E-state index in [4.69, 9.17) is 0 Å². The van der Waals surface area contributed by atoms with E-state index in [1.807, 2.05) is 36.2 Å². The third-order valence-electron chi connectivity index (χ3n) is 3.00. The Bertz CT molecular complexity index is 399. The molecule has 0 fully saturated rings. The van der Waals surface area contributed by atoms with E-state index in [0.717, 1.165) is 10.0 Å². The fourth-order valence-corrected chi connectivity index (χ4v) is 2.15. The summed E-state index contributed by atoms with van der Waals surface area (Å²) in [7, 11) is 0. The van der Waals surface area contributed by atoms with Gasteiger partial charge in [0, 0.05) is 4.47 Å². The number of benzene rings is 1. The van der Waals surface area contributed by atoms with E-state index >= 15 is 0 Å². The highest BCUT2D eigenvalue weighted by atomic mass is 79.9. The zero-order chi connectivity index (χ0) is 12.3. The fourth-order valence-electron chi connectivity index (χ4n) is 1.88. The first-order valence-corrected chi connectivity index (χ1v) is 6.41. The van der Waals surface area contributed by atoms with Crippen LogP contribution in [0.2, 0.25) is 0 Å². The van der Waals surface area contributed by atoms with Crippen LogP contribution in [0.3, 0.4) is 0 Å².